The number of nitrogens with one attached hydrogen (secondary N) is 1. The summed E-state index contributed by atoms with van der Waals surface area (Å²) in [7, 11) is 1.63. The van der Waals surface area contributed by atoms with Crippen molar-refractivity contribution < 1.29 is 9.47 Å². The highest BCUT2D eigenvalue weighted by molar-refractivity contribution is 6.35. The Morgan fingerprint density at radius 2 is 1.72 bits per heavy atom. The Hall–Kier alpha value is -1.69. The van der Waals surface area contributed by atoms with Crippen LogP contribution in [0.2, 0.25) is 10.0 Å². The first-order chi connectivity index (χ1) is 13.2. The number of aromatic nitrogens is 1. The molecule has 1 heterocycles. The number of hydrogen-bond donors (Lipinski definition) is 1. The van der Waals surface area contributed by atoms with Gasteiger partial charge in [0.05, 0.1) is 7.11 Å². The van der Waals surface area contributed by atoms with Crippen molar-refractivity contribution in [2.45, 2.75) is 19.7 Å². The normalized spacial score (nSPS) is 9.90. The summed E-state index contributed by atoms with van der Waals surface area (Å²) in [5.41, 5.74) is 3.11. The van der Waals surface area contributed by atoms with Gasteiger partial charge in [-0.05, 0) is 41.5 Å². The third-order valence-electron chi connectivity index (χ3n) is 4.01. The molecule has 0 unspecified atom stereocenters. The molecule has 29 heavy (non-hydrogen) atoms. The number of benzene rings is 2. The molecule has 0 saturated carbocycles. The molecule has 0 bridgehead atoms. The SMILES string of the molecule is COc1cc(CNCc2cccnc2)ccc1OCc1ccc(Cl)cc1Cl.Cl.Cl. The second-order valence-electron chi connectivity index (χ2n) is 5.97. The van der Waals surface area contributed by atoms with Gasteiger partial charge in [-0.1, -0.05) is 41.4 Å². The average Bonchev–Trinajstić information content (AvgIpc) is 2.68. The summed E-state index contributed by atoms with van der Waals surface area (Å²) in [6.07, 6.45) is 3.62. The predicted octanol–water partition coefficient (Wildman–Crippen LogP) is 6.11. The zero-order chi connectivity index (χ0) is 19.1. The summed E-state index contributed by atoms with van der Waals surface area (Å²) in [6, 6.07) is 15.2. The van der Waals surface area contributed by atoms with Gasteiger partial charge in [-0.15, -0.1) is 24.8 Å². The van der Waals surface area contributed by atoms with E-state index in [1.807, 2.05) is 42.6 Å². The molecule has 0 spiro atoms. The molecule has 0 saturated heterocycles. The van der Waals surface area contributed by atoms with E-state index in [9.17, 15) is 0 Å². The maximum atomic E-state index is 6.19. The van der Waals surface area contributed by atoms with Crippen molar-refractivity contribution in [3.63, 3.8) is 0 Å². The Bertz CT molecular complexity index is 895. The van der Waals surface area contributed by atoms with E-state index in [1.54, 1.807) is 25.4 Å². The fourth-order valence-corrected chi connectivity index (χ4v) is 3.05. The highest BCUT2D eigenvalue weighted by Crippen LogP contribution is 2.30. The molecule has 0 atom stereocenters. The number of hydrogen-bond acceptors (Lipinski definition) is 4. The van der Waals surface area contributed by atoms with Crippen molar-refractivity contribution in [3.8, 4) is 11.5 Å². The molecule has 0 amide bonds. The van der Waals surface area contributed by atoms with Crippen molar-refractivity contribution in [1.82, 2.24) is 10.3 Å². The summed E-state index contributed by atoms with van der Waals surface area (Å²) in [6.45, 7) is 1.81. The van der Waals surface area contributed by atoms with Gasteiger partial charge in [0.25, 0.3) is 0 Å². The van der Waals surface area contributed by atoms with Crippen LogP contribution in [-0.2, 0) is 19.7 Å². The van der Waals surface area contributed by atoms with E-state index < -0.39 is 0 Å². The molecule has 0 aliphatic carbocycles. The van der Waals surface area contributed by atoms with Crippen LogP contribution in [0.25, 0.3) is 0 Å². The van der Waals surface area contributed by atoms with E-state index in [0.717, 1.165) is 23.2 Å². The molecule has 0 fully saturated rings. The number of ether oxygens (including phenoxy) is 2. The minimum absolute atomic E-state index is 0. The highest BCUT2D eigenvalue weighted by Gasteiger charge is 2.08. The van der Waals surface area contributed by atoms with Crippen molar-refractivity contribution in [2.75, 3.05) is 7.11 Å². The van der Waals surface area contributed by atoms with Crippen LogP contribution in [0.4, 0.5) is 0 Å². The molecule has 4 nitrogen and oxygen atoms in total. The van der Waals surface area contributed by atoms with Gasteiger partial charge in [-0.2, -0.15) is 0 Å². The Morgan fingerprint density at radius 1 is 0.931 bits per heavy atom. The maximum absolute atomic E-state index is 6.19. The second-order valence-corrected chi connectivity index (χ2v) is 6.82. The highest BCUT2D eigenvalue weighted by atomic mass is 35.5. The fourth-order valence-electron chi connectivity index (χ4n) is 2.59. The lowest BCUT2D eigenvalue weighted by Gasteiger charge is -2.13. The molecule has 2 aromatic carbocycles. The number of halogens is 4. The second kappa shape index (κ2) is 12.8. The average molecular weight is 476 g/mol. The third-order valence-corrected chi connectivity index (χ3v) is 4.59. The molecule has 0 aliphatic rings. The molecule has 3 rings (SSSR count). The third kappa shape index (κ3) is 7.57. The first-order valence-corrected chi connectivity index (χ1v) is 9.24. The number of nitrogens with zero attached hydrogens (tertiary/aromatic N) is 1. The topological polar surface area (TPSA) is 43.4 Å². The van der Waals surface area contributed by atoms with Gasteiger partial charge >= 0.3 is 0 Å². The molecule has 156 valence electrons. The first-order valence-electron chi connectivity index (χ1n) is 8.49. The monoisotopic (exact) mass is 474 g/mol. The zero-order valence-corrected chi connectivity index (χ0v) is 18.9. The van der Waals surface area contributed by atoms with E-state index >= 15 is 0 Å². The van der Waals surface area contributed by atoms with Crippen LogP contribution in [0, 0.1) is 0 Å². The Balaban J connectivity index is 0.00000210. The van der Waals surface area contributed by atoms with Crippen LogP contribution >= 0.6 is 48.0 Å². The van der Waals surface area contributed by atoms with Crippen molar-refractivity contribution >= 4 is 48.0 Å². The van der Waals surface area contributed by atoms with Crippen molar-refractivity contribution in [2.24, 2.45) is 0 Å². The van der Waals surface area contributed by atoms with Crippen LogP contribution < -0.4 is 14.8 Å². The Kier molecular flexibility index (Phi) is 11.2. The van der Waals surface area contributed by atoms with E-state index in [-0.39, 0.29) is 24.8 Å². The predicted molar refractivity (Wildman–Crippen MR) is 123 cm³/mol. The molecule has 0 aliphatic heterocycles. The van der Waals surface area contributed by atoms with Gasteiger partial charge in [0.2, 0.25) is 0 Å². The maximum Gasteiger partial charge on any atom is 0.161 e. The smallest absolute Gasteiger partial charge is 0.161 e. The summed E-state index contributed by atoms with van der Waals surface area (Å²) in [5, 5.41) is 4.58. The van der Waals surface area contributed by atoms with E-state index in [2.05, 4.69) is 10.3 Å². The lowest BCUT2D eigenvalue weighted by Crippen LogP contribution is -2.12. The fraction of sp³-hybridized carbons (Fsp3) is 0.190. The molecular weight excluding hydrogens is 454 g/mol. The molecule has 1 N–H and O–H groups in total. The van der Waals surface area contributed by atoms with E-state index in [4.69, 9.17) is 32.7 Å². The number of methoxy groups -OCH3 is 1. The van der Waals surface area contributed by atoms with Gasteiger partial charge in [-0.3, -0.25) is 4.98 Å². The standard InChI is InChI=1S/C21H20Cl2N2O2.2ClH/c1-26-21-9-15(11-25-13-16-3-2-8-24-12-16)4-7-20(21)27-14-17-5-6-18(22)10-19(17)23;;/h2-10,12,25H,11,13-14H2,1H3;2*1H. The molecular formula is C21H22Cl4N2O2. The van der Waals surface area contributed by atoms with E-state index in [1.165, 1.54) is 0 Å². The summed E-state index contributed by atoms with van der Waals surface area (Å²) < 4.78 is 11.4. The quantitative estimate of drug-likeness (QED) is 0.426. The number of rotatable bonds is 8. The van der Waals surface area contributed by atoms with E-state index in [0.29, 0.717) is 34.7 Å². The van der Waals surface area contributed by atoms with Crippen LogP contribution in [0.5, 0.6) is 11.5 Å². The van der Waals surface area contributed by atoms with Gasteiger partial charge in [0.15, 0.2) is 11.5 Å². The van der Waals surface area contributed by atoms with Gasteiger partial charge in [0.1, 0.15) is 6.61 Å². The van der Waals surface area contributed by atoms with Gasteiger partial charge < -0.3 is 14.8 Å². The lowest BCUT2D eigenvalue weighted by molar-refractivity contribution is 0.284. The van der Waals surface area contributed by atoms with Gasteiger partial charge in [-0.25, -0.2) is 0 Å². The Labute approximate surface area is 193 Å². The first kappa shape index (κ1) is 25.3. The van der Waals surface area contributed by atoms with Crippen LogP contribution in [0.1, 0.15) is 16.7 Å². The molecule has 0 radical (unpaired) electrons. The summed E-state index contributed by atoms with van der Waals surface area (Å²) in [5.74, 6) is 1.35. The van der Waals surface area contributed by atoms with Crippen LogP contribution in [0.15, 0.2) is 60.9 Å². The van der Waals surface area contributed by atoms with Crippen molar-refractivity contribution in [3.05, 3.63) is 87.7 Å². The van der Waals surface area contributed by atoms with Crippen LogP contribution in [-0.4, -0.2) is 12.1 Å². The largest absolute Gasteiger partial charge is 0.493 e. The Morgan fingerprint density at radius 3 is 2.41 bits per heavy atom. The molecule has 3 aromatic rings. The molecule has 8 heteroatoms. The molecule has 1 aromatic heterocycles. The summed E-state index contributed by atoms with van der Waals surface area (Å²) >= 11 is 12.1. The van der Waals surface area contributed by atoms with Gasteiger partial charge in [0, 0.05) is 41.1 Å². The minimum atomic E-state index is 0. The van der Waals surface area contributed by atoms with Crippen LogP contribution in [0.3, 0.4) is 0 Å². The summed E-state index contributed by atoms with van der Waals surface area (Å²) in [4.78, 5) is 4.11. The number of pyridine rings is 1. The lowest BCUT2D eigenvalue weighted by atomic mass is 10.2. The van der Waals surface area contributed by atoms with Crippen molar-refractivity contribution in [1.29, 1.82) is 0 Å². The minimum Gasteiger partial charge on any atom is -0.493 e. The zero-order valence-electron chi connectivity index (χ0n) is 15.7.